The van der Waals surface area contributed by atoms with Crippen LogP contribution in [0.1, 0.15) is 44.6 Å². The largest absolute Gasteiger partial charge is 0.465 e. The van der Waals surface area contributed by atoms with E-state index in [9.17, 15) is 14.4 Å². The number of aromatic amines is 1. The van der Waals surface area contributed by atoms with Gasteiger partial charge >= 0.3 is 5.97 Å². The molecule has 0 aliphatic heterocycles. The summed E-state index contributed by atoms with van der Waals surface area (Å²) in [6.45, 7) is 5.02. The van der Waals surface area contributed by atoms with E-state index in [4.69, 9.17) is 9.47 Å². The van der Waals surface area contributed by atoms with Crippen LogP contribution in [0.4, 0.5) is 5.69 Å². The Hall–Kier alpha value is -3.87. The molecule has 0 aliphatic carbocycles. The predicted octanol–water partition coefficient (Wildman–Crippen LogP) is 4.59. The minimum atomic E-state index is -0.604. The first-order chi connectivity index (χ1) is 14.8. The summed E-state index contributed by atoms with van der Waals surface area (Å²) in [5, 5.41) is 2.81. The average Bonchev–Trinajstić information content (AvgIpc) is 3.06. The van der Waals surface area contributed by atoms with Crippen molar-refractivity contribution in [3.63, 3.8) is 0 Å². The van der Waals surface area contributed by atoms with Crippen LogP contribution < -0.4 is 10.1 Å². The maximum Gasteiger partial charge on any atom is 0.339 e. The van der Waals surface area contributed by atoms with E-state index in [0.717, 1.165) is 5.56 Å². The first-order valence-electron chi connectivity index (χ1n) is 9.74. The Bertz CT molecular complexity index is 1130. The number of carbonyl (C=O) groups excluding carboxylic acids is 3. The van der Waals surface area contributed by atoms with Crippen molar-refractivity contribution in [3.8, 4) is 11.5 Å². The van der Waals surface area contributed by atoms with Gasteiger partial charge < -0.3 is 19.8 Å². The average molecular weight is 420 g/mol. The van der Waals surface area contributed by atoms with Crippen LogP contribution in [0.3, 0.4) is 0 Å². The van der Waals surface area contributed by atoms with Gasteiger partial charge in [0.2, 0.25) is 5.91 Å². The number of carbonyl (C=O) groups is 3. The molecule has 7 nitrogen and oxygen atoms in total. The fourth-order valence-electron chi connectivity index (χ4n) is 3.27. The summed E-state index contributed by atoms with van der Waals surface area (Å²) in [6, 6.07) is 14.6. The number of Topliss-reactive ketones (excluding diaryl/α,β-unsaturated/α-hetero) is 1. The van der Waals surface area contributed by atoms with Gasteiger partial charge in [-0.2, -0.15) is 0 Å². The number of hydrogen-bond acceptors (Lipinski definition) is 5. The Balaban J connectivity index is 1.82. The Morgan fingerprint density at radius 3 is 2.32 bits per heavy atom. The third-order valence-corrected chi connectivity index (χ3v) is 4.82. The van der Waals surface area contributed by atoms with Crippen LogP contribution in [-0.4, -0.2) is 29.8 Å². The summed E-state index contributed by atoms with van der Waals surface area (Å²) in [4.78, 5) is 39.7. The van der Waals surface area contributed by atoms with Crippen LogP contribution in [-0.2, 0) is 16.0 Å². The van der Waals surface area contributed by atoms with Gasteiger partial charge in [-0.3, -0.25) is 9.59 Å². The van der Waals surface area contributed by atoms with E-state index in [1.54, 1.807) is 25.1 Å². The zero-order valence-corrected chi connectivity index (χ0v) is 17.9. The van der Waals surface area contributed by atoms with Gasteiger partial charge in [-0.05, 0) is 43.7 Å². The molecule has 0 unspecified atom stereocenters. The molecule has 0 fully saturated rings. The van der Waals surface area contributed by atoms with E-state index >= 15 is 0 Å². The molecule has 2 N–H and O–H groups in total. The van der Waals surface area contributed by atoms with Gasteiger partial charge in [0.1, 0.15) is 5.75 Å². The van der Waals surface area contributed by atoms with Gasteiger partial charge in [-0.1, -0.05) is 29.8 Å². The van der Waals surface area contributed by atoms with Gasteiger partial charge in [0.25, 0.3) is 0 Å². The quantitative estimate of drug-likeness (QED) is 0.430. The molecule has 7 heteroatoms. The summed E-state index contributed by atoms with van der Waals surface area (Å²) >= 11 is 0. The number of hydrogen-bond donors (Lipinski definition) is 2. The smallest absolute Gasteiger partial charge is 0.339 e. The number of amides is 1. The number of methoxy groups -OCH3 is 1. The lowest BCUT2D eigenvalue weighted by molar-refractivity contribution is -0.115. The second kappa shape index (κ2) is 9.30. The molecule has 0 spiro atoms. The molecule has 1 heterocycles. The van der Waals surface area contributed by atoms with E-state index in [1.165, 1.54) is 14.0 Å². The molecule has 3 rings (SSSR count). The fourth-order valence-corrected chi connectivity index (χ4v) is 3.27. The van der Waals surface area contributed by atoms with Crippen LogP contribution in [0.25, 0.3) is 0 Å². The number of esters is 1. The van der Waals surface area contributed by atoms with E-state index in [-0.39, 0.29) is 29.4 Å². The topological polar surface area (TPSA) is 97.5 Å². The molecule has 0 saturated heterocycles. The first kappa shape index (κ1) is 21.8. The highest BCUT2D eigenvalue weighted by Gasteiger charge is 2.24. The molecule has 0 atom stereocenters. The Morgan fingerprint density at radius 2 is 1.68 bits per heavy atom. The monoisotopic (exact) mass is 420 g/mol. The lowest BCUT2D eigenvalue weighted by Gasteiger charge is -2.12. The van der Waals surface area contributed by atoms with Crippen LogP contribution in [0, 0.1) is 13.8 Å². The molecule has 0 radical (unpaired) electrons. The third kappa shape index (κ3) is 5.01. The summed E-state index contributed by atoms with van der Waals surface area (Å²) in [6.07, 6.45) is -0.141. The van der Waals surface area contributed by atoms with Crippen LogP contribution >= 0.6 is 0 Å². The van der Waals surface area contributed by atoms with E-state index in [2.05, 4.69) is 10.3 Å². The molecular formula is C24H24N2O5. The van der Waals surface area contributed by atoms with Crippen LogP contribution in [0.15, 0.2) is 48.5 Å². The van der Waals surface area contributed by atoms with Gasteiger partial charge in [0.15, 0.2) is 11.5 Å². The van der Waals surface area contributed by atoms with Crippen molar-refractivity contribution in [1.82, 2.24) is 4.98 Å². The number of aromatic nitrogens is 1. The standard InChI is InChI=1S/C24H24N2O5/c1-14-9-11-17(12-10-14)31-20-8-6-5-7-18(20)25-21(28)13-19-22(24(29)30-4)15(2)23(26-19)16(3)27/h5-12,26H,13H2,1-4H3,(H,25,28). The predicted molar refractivity (Wildman–Crippen MR) is 117 cm³/mol. The van der Waals surface area contributed by atoms with Gasteiger partial charge in [-0.15, -0.1) is 0 Å². The van der Waals surface area contributed by atoms with Crippen molar-refractivity contribution in [3.05, 3.63) is 76.6 Å². The summed E-state index contributed by atoms with van der Waals surface area (Å²) in [5.74, 6) is -0.0777. The van der Waals surface area contributed by atoms with Gasteiger partial charge in [-0.25, -0.2) is 4.79 Å². The number of nitrogens with one attached hydrogen (secondary N) is 2. The van der Waals surface area contributed by atoms with Crippen molar-refractivity contribution in [2.75, 3.05) is 12.4 Å². The molecule has 0 bridgehead atoms. The number of para-hydroxylation sites is 2. The maximum atomic E-state index is 12.8. The van der Waals surface area contributed by atoms with E-state index in [1.807, 2.05) is 37.3 Å². The molecule has 2 aromatic carbocycles. The number of ether oxygens (including phenoxy) is 2. The minimum Gasteiger partial charge on any atom is -0.465 e. The highest BCUT2D eigenvalue weighted by atomic mass is 16.5. The van der Waals surface area contributed by atoms with Gasteiger partial charge in [0, 0.05) is 12.6 Å². The number of anilines is 1. The van der Waals surface area contributed by atoms with Crippen molar-refractivity contribution in [1.29, 1.82) is 0 Å². The van der Waals surface area contributed by atoms with Crippen LogP contribution in [0.2, 0.25) is 0 Å². The number of H-pyrrole nitrogens is 1. The van der Waals surface area contributed by atoms with Gasteiger partial charge in [0.05, 0.1) is 30.5 Å². The second-order valence-electron chi connectivity index (χ2n) is 7.16. The highest BCUT2D eigenvalue weighted by molar-refractivity contribution is 6.02. The molecule has 3 aromatic rings. The number of aryl methyl sites for hydroxylation is 1. The molecule has 0 aliphatic rings. The molecule has 1 amide bonds. The lowest BCUT2D eigenvalue weighted by Crippen LogP contribution is -2.17. The first-order valence-corrected chi connectivity index (χ1v) is 9.74. The summed E-state index contributed by atoms with van der Waals surface area (Å²) < 4.78 is 10.7. The summed E-state index contributed by atoms with van der Waals surface area (Å²) in [7, 11) is 1.25. The molecular weight excluding hydrogens is 396 g/mol. The Labute approximate surface area is 180 Å². The van der Waals surface area contributed by atoms with Crippen molar-refractivity contribution >= 4 is 23.3 Å². The van der Waals surface area contributed by atoms with Crippen LogP contribution in [0.5, 0.6) is 11.5 Å². The van der Waals surface area contributed by atoms with E-state index < -0.39 is 5.97 Å². The number of benzene rings is 2. The molecule has 31 heavy (non-hydrogen) atoms. The zero-order valence-electron chi connectivity index (χ0n) is 17.9. The third-order valence-electron chi connectivity index (χ3n) is 4.82. The van der Waals surface area contributed by atoms with Crippen molar-refractivity contribution in [2.24, 2.45) is 0 Å². The lowest BCUT2D eigenvalue weighted by atomic mass is 10.1. The molecule has 0 saturated carbocycles. The van der Waals surface area contributed by atoms with Crippen molar-refractivity contribution in [2.45, 2.75) is 27.2 Å². The van der Waals surface area contributed by atoms with E-state index in [0.29, 0.717) is 28.4 Å². The second-order valence-corrected chi connectivity index (χ2v) is 7.16. The number of rotatable bonds is 7. The normalized spacial score (nSPS) is 10.5. The Morgan fingerprint density at radius 1 is 1.00 bits per heavy atom. The minimum absolute atomic E-state index is 0.141. The maximum absolute atomic E-state index is 12.8. The Kier molecular flexibility index (Phi) is 6.55. The summed E-state index contributed by atoms with van der Waals surface area (Å²) in [5.41, 5.74) is 2.87. The molecule has 160 valence electrons. The number of ketones is 1. The highest BCUT2D eigenvalue weighted by Crippen LogP contribution is 2.30. The van der Waals surface area contributed by atoms with Crippen molar-refractivity contribution < 1.29 is 23.9 Å². The molecule has 1 aromatic heterocycles. The SMILES string of the molecule is COC(=O)c1c(CC(=O)Nc2ccccc2Oc2ccc(C)cc2)[nH]c(C(C)=O)c1C. The zero-order chi connectivity index (χ0) is 22.5. The fraction of sp³-hybridized carbons (Fsp3) is 0.208.